The number of piperidine rings is 1. The van der Waals surface area contributed by atoms with Gasteiger partial charge in [-0.15, -0.1) is 0 Å². The molecule has 1 aliphatic heterocycles. The molecular formula is C24H31N3O3. The van der Waals surface area contributed by atoms with E-state index >= 15 is 0 Å². The lowest BCUT2D eigenvalue weighted by molar-refractivity contribution is -0.149. The predicted octanol–water partition coefficient (Wildman–Crippen LogP) is 3.62. The summed E-state index contributed by atoms with van der Waals surface area (Å²) in [5, 5.41) is 3.43. The van der Waals surface area contributed by atoms with Gasteiger partial charge in [-0.1, -0.05) is 42.5 Å². The highest BCUT2D eigenvalue weighted by Gasteiger charge is 2.27. The lowest BCUT2D eigenvalue weighted by atomic mass is 9.97. The minimum Gasteiger partial charge on any atom is -0.489 e. The topological polar surface area (TPSA) is 63.2 Å². The van der Waals surface area contributed by atoms with Crippen molar-refractivity contribution in [2.24, 2.45) is 10.9 Å². The zero-order valence-corrected chi connectivity index (χ0v) is 17.8. The number of hydrogen-bond donors (Lipinski definition) is 1. The number of nitrogens with zero attached hydrogens (tertiary/aromatic N) is 2. The first-order valence-electron chi connectivity index (χ1n) is 10.6. The maximum Gasteiger partial charge on any atom is 0.309 e. The van der Waals surface area contributed by atoms with Crippen molar-refractivity contribution < 1.29 is 14.3 Å². The van der Waals surface area contributed by atoms with E-state index < -0.39 is 0 Å². The van der Waals surface area contributed by atoms with Crippen LogP contribution in [-0.4, -0.2) is 43.6 Å². The van der Waals surface area contributed by atoms with Gasteiger partial charge in [0.1, 0.15) is 12.4 Å². The summed E-state index contributed by atoms with van der Waals surface area (Å²) in [7, 11) is 1.79. The van der Waals surface area contributed by atoms with Crippen molar-refractivity contribution in [3.63, 3.8) is 0 Å². The van der Waals surface area contributed by atoms with Crippen LogP contribution in [0.2, 0.25) is 0 Å². The highest BCUT2D eigenvalue weighted by molar-refractivity contribution is 5.80. The molecule has 0 amide bonds. The molecule has 0 radical (unpaired) electrons. The third-order valence-electron chi connectivity index (χ3n) is 5.22. The normalized spacial score (nSPS) is 15.0. The Balaban J connectivity index is 1.49. The van der Waals surface area contributed by atoms with Crippen LogP contribution >= 0.6 is 0 Å². The maximum absolute atomic E-state index is 11.9. The molecule has 0 unspecified atom stereocenters. The van der Waals surface area contributed by atoms with Gasteiger partial charge in [0.2, 0.25) is 0 Å². The number of hydrogen-bond acceptors (Lipinski definition) is 4. The molecule has 0 saturated carbocycles. The number of likely N-dealkylation sites (tertiary alicyclic amines) is 1. The molecule has 0 atom stereocenters. The highest BCUT2D eigenvalue weighted by Crippen LogP contribution is 2.19. The average molecular weight is 410 g/mol. The van der Waals surface area contributed by atoms with Crippen LogP contribution in [0.4, 0.5) is 0 Å². The maximum atomic E-state index is 11.9. The van der Waals surface area contributed by atoms with Crippen molar-refractivity contribution in [2.45, 2.75) is 32.9 Å². The Hall–Kier alpha value is -3.02. The number of guanidine groups is 1. The predicted molar refractivity (Wildman–Crippen MR) is 118 cm³/mol. The Morgan fingerprint density at radius 2 is 1.83 bits per heavy atom. The molecule has 2 aromatic carbocycles. The van der Waals surface area contributed by atoms with E-state index in [0.29, 0.717) is 19.8 Å². The van der Waals surface area contributed by atoms with Crippen LogP contribution in [0.3, 0.4) is 0 Å². The molecule has 6 nitrogen and oxygen atoms in total. The second-order valence-electron chi connectivity index (χ2n) is 7.34. The highest BCUT2D eigenvalue weighted by atomic mass is 16.5. The number of aliphatic imine (C=N–C) groups is 1. The summed E-state index contributed by atoms with van der Waals surface area (Å²) in [5.74, 6) is 1.63. The molecule has 0 aromatic heterocycles. The Kier molecular flexibility index (Phi) is 8.12. The summed E-state index contributed by atoms with van der Waals surface area (Å²) >= 11 is 0. The summed E-state index contributed by atoms with van der Waals surface area (Å²) in [5.41, 5.74) is 2.27. The fourth-order valence-corrected chi connectivity index (χ4v) is 3.59. The summed E-state index contributed by atoms with van der Waals surface area (Å²) in [6.07, 6.45) is 1.59. The second-order valence-corrected chi connectivity index (χ2v) is 7.34. The van der Waals surface area contributed by atoms with Crippen molar-refractivity contribution in [1.82, 2.24) is 10.2 Å². The lowest BCUT2D eigenvalue weighted by Gasteiger charge is -2.33. The molecule has 6 heteroatoms. The van der Waals surface area contributed by atoms with E-state index in [-0.39, 0.29) is 11.9 Å². The standard InChI is InChI=1S/C24H31N3O3/c1-3-29-23(28)21-12-14-27(15-13-21)24(25-2)26-17-20-10-7-11-22(16-20)30-18-19-8-5-4-6-9-19/h4-11,16,21H,3,12-15,17-18H2,1-2H3,(H,25,26). The zero-order valence-electron chi connectivity index (χ0n) is 17.8. The molecule has 30 heavy (non-hydrogen) atoms. The largest absolute Gasteiger partial charge is 0.489 e. The number of benzene rings is 2. The van der Waals surface area contributed by atoms with Crippen LogP contribution in [0, 0.1) is 5.92 Å². The van der Waals surface area contributed by atoms with Crippen molar-refractivity contribution in [3.8, 4) is 5.75 Å². The molecule has 0 aliphatic carbocycles. The third kappa shape index (κ3) is 6.24. The summed E-state index contributed by atoms with van der Waals surface area (Å²) < 4.78 is 11.1. The number of ether oxygens (including phenoxy) is 2. The number of rotatable bonds is 7. The van der Waals surface area contributed by atoms with Gasteiger partial charge in [0.05, 0.1) is 12.5 Å². The van der Waals surface area contributed by atoms with Gasteiger partial charge in [-0.05, 0) is 43.0 Å². The first kappa shape index (κ1) is 21.7. The van der Waals surface area contributed by atoms with Crippen LogP contribution in [0.5, 0.6) is 5.75 Å². The molecule has 1 saturated heterocycles. The van der Waals surface area contributed by atoms with Crippen LogP contribution in [-0.2, 0) is 22.7 Å². The van der Waals surface area contributed by atoms with E-state index in [1.54, 1.807) is 7.05 Å². The van der Waals surface area contributed by atoms with E-state index in [1.165, 1.54) is 0 Å². The van der Waals surface area contributed by atoms with E-state index in [4.69, 9.17) is 9.47 Å². The summed E-state index contributed by atoms with van der Waals surface area (Å²) in [4.78, 5) is 18.5. The molecule has 0 bridgehead atoms. The molecule has 1 heterocycles. The average Bonchev–Trinajstić information content (AvgIpc) is 2.80. The molecule has 2 aromatic rings. The van der Waals surface area contributed by atoms with E-state index in [0.717, 1.165) is 48.8 Å². The Morgan fingerprint density at radius 1 is 1.10 bits per heavy atom. The lowest BCUT2D eigenvalue weighted by Crippen LogP contribution is -2.46. The van der Waals surface area contributed by atoms with E-state index in [1.807, 2.05) is 37.3 Å². The van der Waals surface area contributed by atoms with Crippen molar-refractivity contribution in [1.29, 1.82) is 0 Å². The van der Waals surface area contributed by atoms with Gasteiger partial charge in [-0.3, -0.25) is 9.79 Å². The van der Waals surface area contributed by atoms with Crippen LogP contribution < -0.4 is 10.1 Å². The zero-order chi connectivity index (χ0) is 21.2. The fraction of sp³-hybridized carbons (Fsp3) is 0.417. The van der Waals surface area contributed by atoms with Gasteiger partial charge in [-0.25, -0.2) is 0 Å². The summed E-state index contributed by atoms with van der Waals surface area (Å²) in [6, 6.07) is 18.2. The molecule has 160 valence electrons. The number of nitrogens with one attached hydrogen (secondary N) is 1. The first-order valence-corrected chi connectivity index (χ1v) is 10.6. The SMILES string of the molecule is CCOC(=O)C1CCN(C(=NC)NCc2cccc(OCc3ccccc3)c2)CC1. The molecular weight excluding hydrogens is 378 g/mol. The third-order valence-corrected chi connectivity index (χ3v) is 5.22. The smallest absolute Gasteiger partial charge is 0.309 e. The minimum atomic E-state index is -0.0765. The van der Waals surface area contributed by atoms with Crippen LogP contribution in [0.1, 0.15) is 30.9 Å². The number of esters is 1. The van der Waals surface area contributed by atoms with Gasteiger partial charge >= 0.3 is 5.97 Å². The van der Waals surface area contributed by atoms with Crippen molar-refractivity contribution >= 4 is 11.9 Å². The number of carbonyl (C=O) groups is 1. The molecule has 3 rings (SSSR count). The molecule has 1 N–H and O–H groups in total. The molecule has 1 aliphatic rings. The van der Waals surface area contributed by atoms with Gasteiger partial charge in [-0.2, -0.15) is 0 Å². The van der Waals surface area contributed by atoms with E-state index in [9.17, 15) is 4.79 Å². The van der Waals surface area contributed by atoms with Gasteiger partial charge in [0.15, 0.2) is 5.96 Å². The van der Waals surface area contributed by atoms with Gasteiger partial charge in [0.25, 0.3) is 0 Å². The Morgan fingerprint density at radius 3 is 2.53 bits per heavy atom. The molecule has 1 fully saturated rings. The summed E-state index contributed by atoms with van der Waals surface area (Å²) in [6.45, 7) is 5.09. The first-order chi connectivity index (χ1) is 14.7. The second kappa shape index (κ2) is 11.2. The Bertz CT molecular complexity index is 831. The van der Waals surface area contributed by atoms with Gasteiger partial charge < -0.3 is 19.7 Å². The van der Waals surface area contributed by atoms with Crippen LogP contribution in [0.15, 0.2) is 59.6 Å². The van der Waals surface area contributed by atoms with Gasteiger partial charge in [0, 0.05) is 26.7 Å². The monoisotopic (exact) mass is 409 g/mol. The van der Waals surface area contributed by atoms with Crippen molar-refractivity contribution in [2.75, 3.05) is 26.7 Å². The van der Waals surface area contributed by atoms with E-state index in [2.05, 4.69) is 39.5 Å². The van der Waals surface area contributed by atoms with Crippen molar-refractivity contribution in [3.05, 3.63) is 65.7 Å². The quantitative estimate of drug-likeness (QED) is 0.430. The fourth-order valence-electron chi connectivity index (χ4n) is 3.59. The number of carbonyl (C=O) groups excluding carboxylic acids is 1. The molecule has 0 spiro atoms. The van der Waals surface area contributed by atoms with Crippen LogP contribution in [0.25, 0.3) is 0 Å². The Labute approximate surface area is 178 Å². The minimum absolute atomic E-state index is 0.00208.